The van der Waals surface area contributed by atoms with Crippen LogP contribution in [0.15, 0.2) is 18.2 Å². The molecule has 0 bridgehead atoms. The van der Waals surface area contributed by atoms with Gasteiger partial charge in [-0.25, -0.2) is 8.78 Å². The molecule has 2 rings (SSSR count). The highest BCUT2D eigenvalue weighted by atomic mass is 19.1. The van der Waals surface area contributed by atoms with Crippen LogP contribution in [0.4, 0.5) is 8.78 Å². The van der Waals surface area contributed by atoms with Crippen LogP contribution in [-0.4, -0.2) is 36.6 Å². The summed E-state index contributed by atoms with van der Waals surface area (Å²) in [4.78, 5) is 13.5. The molecule has 1 aromatic carbocycles. The van der Waals surface area contributed by atoms with Gasteiger partial charge in [-0.1, -0.05) is 0 Å². The molecule has 1 N–H and O–H groups in total. The second-order valence-corrected chi connectivity index (χ2v) is 5.43. The lowest BCUT2D eigenvalue weighted by Gasteiger charge is -2.32. The van der Waals surface area contributed by atoms with Gasteiger partial charge in [-0.05, 0) is 26.0 Å². The molecule has 1 saturated heterocycles. The SMILES string of the molecule is COC(C)(C)CN1C(=O)CNC1c1ccc(F)cc1F. The topological polar surface area (TPSA) is 41.6 Å². The van der Waals surface area contributed by atoms with Gasteiger partial charge in [0.2, 0.25) is 5.91 Å². The zero-order valence-electron chi connectivity index (χ0n) is 11.7. The van der Waals surface area contributed by atoms with E-state index in [4.69, 9.17) is 4.74 Å². The molecule has 1 amide bonds. The molecule has 0 aliphatic carbocycles. The quantitative estimate of drug-likeness (QED) is 0.917. The van der Waals surface area contributed by atoms with Crippen molar-refractivity contribution in [1.29, 1.82) is 0 Å². The normalized spacial score (nSPS) is 19.8. The number of benzene rings is 1. The summed E-state index contributed by atoms with van der Waals surface area (Å²) in [6, 6.07) is 3.36. The van der Waals surface area contributed by atoms with E-state index in [1.165, 1.54) is 17.0 Å². The average Bonchev–Trinajstić information content (AvgIpc) is 2.71. The number of ether oxygens (including phenoxy) is 1. The van der Waals surface area contributed by atoms with Crippen LogP contribution in [0, 0.1) is 11.6 Å². The number of carbonyl (C=O) groups is 1. The van der Waals surface area contributed by atoms with E-state index >= 15 is 0 Å². The second kappa shape index (κ2) is 5.46. The fourth-order valence-corrected chi connectivity index (χ4v) is 2.20. The molecule has 110 valence electrons. The Morgan fingerprint density at radius 3 is 2.75 bits per heavy atom. The van der Waals surface area contributed by atoms with E-state index in [9.17, 15) is 13.6 Å². The maximum atomic E-state index is 13.9. The first kappa shape index (κ1) is 14.9. The minimum absolute atomic E-state index is 0.126. The summed E-state index contributed by atoms with van der Waals surface area (Å²) in [6.45, 7) is 4.13. The van der Waals surface area contributed by atoms with Crippen LogP contribution in [0.3, 0.4) is 0 Å². The number of amides is 1. The van der Waals surface area contributed by atoms with Crippen molar-refractivity contribution in [3.05, 3.63) is 35.4 Å². The van der Waals surface area contributed by atoms with Gasteiger partial charge in [0, 0.05) is 18.7 Å². The van der Waals surface area contributed by atoms with Crippen LogP contribution in [0.1, 0.15) is 25.6 Å². The molecule has 0 aromatic heterocycles. The summed E-state index contributed by atoms with van der Waals surface area (Å²) in [5.74, 6) is -1.44. The highest BCUT2D eigenvalue weighted by molar-refractivity contribution is 5.81. The highest BCUT2D eigenvalue weighted by Crippen LogP contribution is 2.27. The molecule has 0 saturated carbocycles. The Labute approximate surface area is 116 Å². The predicted octanol–water partition coefficient (Wildman–Crippen LogP) is 1.82. The van der Waals surface area contributed by atoms with Crippen molar-refractivity contribution >= 4 is 5.91 Å². The van der Waals surface area contributed by atoms with E-state index in [1.807, 2.05) is 13.8 Å². The van der Waals surface area contributed by atoms with Crippen molar-refractivity contribution in [2.45, 2.75) is 25.6 Å². The molecular weight excluding hydrogens is 266 g/mol. The van der Waals surface area contributed by atoms with Gasteiger partial charge in [-0.3, -0.25) is 10.1 Å². The monoisotopic (exact) mass is 284 g/mol. The Balaban J connectivity index is 2.28. The number of hydrogen-bond donors (Lipinski definition) is 1. The Morgan fingerprint density at radius 2 is 2.15 bits per heavy atom. The minimum atomic E-state index is -0.669. The number of halogens is 2. The maximum Gasteiger partial charge on any atom is 0.238 e. The van der Waals surface area contributed by atoms with Crippen LogP contribution >= 0.6 is 0 Å². The number of carbonyl (C=O) groups excluding carboxylic acids is 1. The van der Waals surface area contributed by atoms with Crippen LogP contribution < -0.4 is 5.32 Å². The van der Waals surface area contributed by atoms with E-state index in [0.717, 1.165) is 6.07 Å². The largest absolute Gasteiger partial charge is 0.377 e. The molecule has 0 radical (unpaired) electrons. The number of rotatable bonds is 4. The lowest BCUT2D eigenvalue weighted by atomic mass is 10.1. The molecule has 1 fully saturated rings. The minimum Gasteiger partial charge on any atom is -0.377 e. The molecule has 1 heterocycles. The van der Waals surface area contributed by atoms with Crippen molar-refractivity contribution in [2.24, 2.45) is 0 Å². The van der Waals surface area contributed by atoms with Gasteiger partial charge >= 0.3 is 0 Å². The Bertz CT molecular complexity index is 520. The first-order valence-electron chi connectivity index (χ1n) is 6.37. The van der Waals surface area contributed by atoms with Crippen LogP contribution in [0.5, 0.6) is 0 Å². The summed E-state index contributed by atoms with van der Waals surface area (Å²) in [7, 11) is 1.56. The maximum absolute atomic E-state index is 13.9. The second-order valence-electron chi connectivity index (χ2n) is 5.43. The van der Waals surface area contributed by atoms with Crippen molar-refractivity contribution in [3.8, 4) is 0 Å². The molecule has 1 aromatic rings. The van der Waals surface area contributed by atoms with Gasteiger partial charge in [0.15, 0.2) is 0 Å². The standard InChI is InChI=1S/C14H18F2N2O2/c1-14(2,20-3)8-18-12(19)7-17-13(18)10-5-4-9(15)6-11(10)16/h4-6,13,17H,7-8H2,1-3H3. The third-order valence-electron chi connectivity index (χ3n) is 3.44. The molecule has 20 heavy (non-hydrogen) atoms. The lowest BCUT2D eigenvalue weighted by Crippen LogP contribution is -2.43. The fraction of sp³-hybridized carbons (Fsp3) is 0.500. The molecule has 0 spiro atoms. The smallest absolute Gasteiger partial charge is 0.238 e. The Hall–Kier alpha value is -1.53. The molecule has 1 atom stereocenters. The number of methoxy groups -OCH3 is 1. The van der Waals surface area contributed by atoms with E-state index in [1.54, 1.807) is 7.11 Å². The first-order valence-corrected chi connectivity index (χ1v) is 6.37. The van der Waals surface area contributed by atoms with E-state index < -0.39 is 23.4 Å². The van der Waals surface area contributed by atoms with Crippen molar-refractivity contribution < 1.29 is 18.3 Å². The zero-order valence-corrected chi connectivity index (χ0v) is 11.7. The van der Waals surface area contributed by atoms with Gasteiger partial charge in [0.1, 0.15) is 17.8 Å². The van der Waals surface area contributed by atoms with Gasteiger partial charge in [0.05, 0.1) is 18.7 Å². The van der Waals surface area contributed by atoms with Crippen molar-refractivity contribution in [2.75, 3.05) is 20.2 Å². The molecule has 6 heteroatoms. The number of nitrogens with one attached hydrogen (secondary N) is 1. The number of hydrogen-bond acceptors (Lipinski definition) is 3. The van der Waals surface area contributed by atoms with E-state index in [0.29, 0.717) is 6.54 Å². The first-order chi connectivity index (χ1) is 9.34. The van der Waals surface area contributed by atoms with Crippen molar-refractivity contribution in [3.63, 3.8) is 0 Å². The third-order valence-corrected chi connectivity index (χ3v) is 3.44. The van der Waals surface area contributed by atoms with Crippen LogP contribution in [-0.2, 0) is 9.53 Å². The zero-order chi connectivity index (χ0) is 14.9. The molecular formula is C14H18F2N2O2. The Kier molecular flexibility index (Phi) is 4.06. The molecule has 1 aliphatic rings. The van der Waals surface area contributed by atoms with Crippen LogP contribution in [0.25, 0.3) is 0 Å². The van der Waals surface area contributed by atoms with Crippen molar-refractivity contribution in [1.82, 2.24) is 10.2 Å². The summed E-state index contributed by atoms with van der Waals surface area (Å²) >= 11 is 0. The lowest BCUT2D eigenvalue weighted by molar-refractivity contribution is -0.131. The average molecular weight is 284 g/mol. The van der Waals surface area contributed by atoms with Gasteiger partial charge in [-0.2, -0.15) is 0 Å². The van der Waals surface area contributed by atoms with Crippen LogP contribution in [0.2, 0.25) is 0 Å². The molecule has 1 unspecified atom stereocenters. The van der Waals surface area contributed by atoms with E-state index in [2.05, 4.69) is 5.32 Å². The third kappa shape index (κ3) is 2.96. The highest BCUT2D eigenvalue weighted by Gasteiger charge is 2.36. The van der Waals surface area contributed by atoms with E-state index in [-0.39, 0.29) is 18.0 Å². The molecule has 1 aliphatic heterocycles. The summed E-state index contributed by atoms with van der Waals surface area (Å²) in [6.07, 6.45) is -0.600. The molecule has 4 nitrogen and oxygen atoms in total. The number of nitrogens with zero attached hydrogens (tertiary/aromatic N) is 1. The van der Waals surface area contributed by atoms with Gasteiger partial charge in [0.25, 0.3) is 0 Å². The summed E-state index contributed by atoms with van der Waals surface area (Å²) in [5.41, 5.74) is -0.291. The summed E-state index contributed by atoms with van der Waals surface area (Å²) < 4.78 is 32.1. The fourth-order valence-electron chi connectivity index (χ4n) is 2.20. The summed E-state index contributed by atoms with van der Waals surface area (Å²) in [5, 5.41) is 2.94. The Morgan fingerprint density at radius 1 is 1.45 bits per heavy atom. The van der Waals surface area contributed by atoms with Gasteiger partial charge in [-0.15, -0.1) is 0 Å². The predicted molar refractivity (Wildman–Crippen MR) is 69.9 cm³/mol. The van der Waals surface area contributed by atoms with Gasteiger partial charge < -0.3 is 9.64 Å².